The smallest absolute Gasteiger partial charge is 0.253 e. The van der Waals surface area contributed by atoms with Gasteiger partial charge in [-0.3, -0.25) is 9.69 Å². The summed E-state index contributed by atoms with van der Waals surface area (Å²) >= 11 is 0. The molecule has 1 fully saturated rings. The normalized spacial score (nSPS) is 15.5. The summed E-state index contributed by atoms with van der Waals surface area (Å²) in [5.74, 6) is -0.0294. The van der Waals surface area contributed by atoms with Gasteiger partial charge in [-0.05, 0) is 37.1 Å². The first-order chi connectivity index (χ1) is 11.6. The van der Waals surface area contributed by atoms with Gasteiger partial charge in [0, 0.05) is 38.3 Å². The first-order valence-electron chi connectivity index (χ1n) is 8.45. The molecule has 24 heavy (non-hydrogen) atoms. The Bertz CT molecular complexity index is 708. The van der Waals surface area contributed by atoms with E-state index < -0.39 is 0 Å². The summed E-state index contributed by atoms with van der Waals surface area (Å²) in [4.78, 5) is 16.7. The molecule has 1 amide bonds. The van der Waals surface area contributed by atoms with Gasteiger partial charge in [0.25, 0.3) is 5.91 Å². The van der Waals surface area contributed by atoms with Gasteiger partial charge in [-0.15, -0.1) is 0 Å². The highest BCUT2D eigenvalue weighted by atomic mass is 19.1. The average molecular weight is 326 g/mol. The molecule has 1 saturated heterocycles. The maximum atomic E-state index is 13.7. The van der Waals surface area contributed by atoms with Crippen molar-refractivity contribution in [2.75, 3.05) is 32.7 Å². The van der Waals surface area contributed by atoms with Crippen LogP contribution in [-0.2, 0) is 6.42 Å². The van der Waals surface area contributed by atoms with Crippen LogP contribution in [0.3, 0.4) is 0 Å². The summed E-state index contributed by atoms with van der Waals surface area (Å²) < 4.78 is 13.7. The van der Waals surface area contributed by atoms with Crippen LogP contribution >= 0.6 is 0 Å². The monoisotopic (exact) mass is 326 g/mol. The minimum Gasteiger partial charge on any atom is -0.336 e. The molecule has 4 heteroatoms. The van der Waals surface area contributed by atoms with Gasteiger partial charge in [0.15, 0.2) is 0 Å². The van der Waals surface area contributed by atoms with Crippen molar-refractivity contribution in [1.82, 2.24) is 9.80 Å². The second-order valence-electron chi connectivity index (χ2n) is 6.34. The Labute approximate surface area is 142 Å². The number of carbonyl (C=O) groups excluding carboxylic acids is 1. The molecular formula is C20H23FN2O. The largest absolute Gasteiger partial charge is 0.336 e. The van der Waals surface area contributed by atoms with Crippen LogP contribution in [0, 0.1) is 12.7 Å². The Morgan fingerprint density at radius 3 is 2.50 bits per heavy atom. The van der Waals surface area contributed by atoms with E-state index in [1.807, 2.05) is 48.2 Å². The highest BCUT2D eigenvalue weighted by Crippen LogP contribution is 2.12. The van der Waals surface area contributed by atoms with Gasteiger partial charge in [-0.1, -0.05) is 35.9 Å². The summed E-state index contributed by atoms with van der Waals surface area (Å²) in [6.07, 6.45) is 0.707. The molecule has 1 heterocycles. The van der Waals surface area contributed by atoms with E-state index in [9.17, 15) is 9.18 Å². The number of hydrogen-bond acceptors (Lipinski definition) is 2. The predicted molar refractivity (Wildman–Crippen MR) is 93.6 cm³/mol. The topological polar surface area (TPSA) is 23.6 Å². The highest BCUT2D eigenvalue weighted by Gasteiger charge is 2.22. The van der Waals surface area contributed by atoms with Crippen LogP contribution in [0.25, 0.3) is 0 Å². The van der Waals surface area contributed by atoms with Crippen molar-refractivity contribution >= 4 is 5.91 Å². The molecule has 3 nitrogen and oxygen atoms in total. The number of carbonyl (C=O) groups is 1. The van der Waals surface area contributed by atoms with Crippen molar-refractivity contribution in [1.29, 1.82) is 0 Å². The molecule has 0 aliphatic carbocycles. The van der Waals surface area contributed by atoms with Gasteiger partial charge in [0.1, 0.15) is 5.82 Å². The lowest BCUT2D eigenvalue weighted by molar-refractivity contribution is 0.0638. The van der Waals surface area contributed by atoms with E-state index >= 15 is 0 Å². The van der Waals surface area contributed by atoms with E-state index in [0.29, 0.717) is 6.42 Å². The quantitative estimate of drug-likeness (QED) is 0.862. The molecule has 2 aromatic carbocycles. The number of hydrogen-bond donors (Lipinski definition) is 0. The summed E-state index contributed by atoms with van der Waals surface area (Å²) in [5.41, 5.74) is 2.62. The third-order valence-electron chi connectivity index (χ3n) is 4.58. The van der Waals surface area contributed by atoms with Crippen LogP contribution in [0.5, 0.6) is 0 Å². The second kappa shape index (κ2) is 7.58. The van der Waals surface area contributed by atoms with Crippen LogP contribution in [-0.4, -0.2) is 48.4 Å². The molecule has 126 valence electrons. The van der Waals surface area contributed by atoms with Gasteiger partial charge in [0.05, 0.1) is 0 Å². The van der Waals surface area contributed by atoms with Crippen molar-refractivity contribution in [2.24, 2.45) is 0 Å². The molecule has 0 unspecified atom stereocenters. The lowest BCUT2D eigenvalue weighted by Gasteiger charge is -2.34. The van der Waals surface area contributed by atoms with E-state index in [4.69, 9.17) is 0 Å². The minimum absolute atomic E-state index is 0.104. The van der Waals surface area contributed by atoms with Gasteiger partial charge < -0.3 is 4.90 Å². The number of halogens is 1. The average Bonchev–Trinajstić information content (AvgIpc) is 2.61. The lowest BCUT2D eigenvalue weighted by Crippen LogP contribution is -2.49. The zero-order chi connectivity index (χ0) is 16.9. The fourth-order valence-electron chi connectivity index (χ4n) is 3.11. The summed E-state index contributed by atoms with van der Waals surface area (Å²) in [6.45, 7) is 5.96. The number of benzene rings is 2. The number of aryl methyl sites for hydroxylation is 1. The maximum Gasteiger partial charge on any atom is 0.253 e. The van der Waals surface area contributed by atoms with E-state index in [0.717, 1.165) is 49.4 Å². The molecule has 0 N–H and O–H groups in total. The third kappa shape index (κ3) is 4.01. The Kier molecular flexibility index (Phi) is 5.26. The summed E-state index contributed by atoms with van der Waals surface area (Å²) in [5, 5.41) is 0. The summed E-state index contributed by atoms with van der Waals surface area (Å²) in [6, 6.07) is 14.7. The van der Waals surface area contributed by atoms with Crippen LogP contribution < -0.4 is 0 Å². The van der Waals surface area contributed by atoms with E-state index in [2.05, 4.69) is 4.90 Å². The van der Waals surface area contributed by atoms with Crippen molar-refractivity contribution in [2.45, 2.75) is 13.3 Å². The predicted octanol–water partition coefficient (Wildman–Crippen LogP) is 3.13. The molecule has 0 atom stereocenters. The van der Waals surface area contributed by atoms with E-state index in [-0.39, 0.29) is 11.7 Å². The van der Waals surface area contributed by atoms with Crippen molar-refractivity contribution < 1.29 is 9.18 Å². The molecule has 0 bridgehead atoms. The van der Waals surface area contributed by atoms with Gasteiger partial charge >= 0.3 is 0 Å². The Morgan fingerprint density at radius 1 is 1.04 bits per heavy atom. The lowest BCUT2D eigenvalue weighted by atomic mass is 10.1. The van der Waals surface area contributed by atoms with E-state index in [1.165, 1.54) is 6.07 Å². The number of piperazine rings is 1. The molecule has 2 aromatic rings. The molecule has 0 spiro atoms. The molecule has 0 radical (unpaired) electrons. The molecule has 0 saturated carbocycles. The van der Waals surface area contributed by atoms with Crippen LogP contribution in [0.4, 0.5) is 4.39 Å². The van der Waals surface area contributed by atoms with Gasteiger partial charge in [-0.2, -0.15) is 0 Å². The first-order valence-corrected chi connectivity index (χ1v) is 8.45. The molecule has 1 aliphatic rings. The number of nitrogens with zero attached hydrogens (tertiary/aromatic N) is 2. The zero-order valence-corrected chi connectivity index (χ0v) is 14.0. The van der Waals surface area contributed by atoms with E-state index in [1.54, 1.807) is 6.07 Å². The highest BCUT2D eigenvalue weighted by molar-refractivity contribution is 5.94. The Morgan fingerprint density at radius 2 is 1.79 bits per heavy atom. The number of rotatable bonds is 4. The van der Waals surface area contributed by atoms with Crippen LogP contribution in [0.15, 0.2) is 48.5 Å². The van der Waals surface area contributed by atoms with Crippen molar-refractivity contribution in [3.8, 4) is 0 Å². The number of amides is 1. The maximum absolute atomic E-state index is 13.7. The minimum atomic E-state index is -0.134. The molecule has 3 rings (SSSR count). The molecule has 0 aromatic heterocycles. The second-order valence-corrected chi connectivity index (χ2v) is 6.34. The Balaban J connectivity index is 1.51. The fourth-order valence-corrected chi connectivity index (χ4v) is 3.11. The zero-order valence-electron chi connectivity index (χ0n) is 14.0. The standard InChI is InChI=1S/C20H23FN2O/c1-16-5-4-7-18(15-16)20(24)23-13-11-22(12-14-23)10-9-17-6-2-3-8-19(17)21/h2-8,15H,9-14H2,1H3. The molecule has 1 aliphatic heterocycles. The SMILES string of the molecule is Cc1cccc(C(=O)N2CCN(CCc3ccccc3F)CC2)c1. The third-order valence-corrected chi connectivity index (χ3v) is 4.58. The van der Waals surface area contributed by atoms with Crippen molar-refractivity contribution in [3.05, 3.63) is 71.0 Å². The summed E-state index contributed by atoms with van der Waals surface area (Å²) in [7, 11) is 0. The van der Waals surface area contributed by atoms with Crippen molar-refractivity contribution in [3.63, 3.8) is 0 Å². The van der Waals surface area contributed by atoms with Gasteiger partial charge in [0.2, 0.25) is 0 Å². The van der Waals surface area contributed by atoms with Crippen LogP contribution in [0.1, 0.15) is 21.5 Å². The first kappa shape index (κ1) is 16.7. The molecular weight excluding hydrogens is 303 g/mol. The van der Waals surface area contributed by atoms with Gasteiger partial charge in [-0.25, -0.2) is 4.39 Å². The fraction of sp³-hybridized carbons (Fsp3) is 0.350. The van der Waals surface area contributed by atoms with Crippen LogP contribution in [0.2, 0.25) is 0 Å². The Hall–Kier alpha value is -2.20.